The van der Waals surface area contributed by atoms with Crippen molar-refractivity contribution in [2.24, 2.45) is 0 Å². The molecule has 1 amide bonds. The number of amides is 1. The van der Waals surface area contributed by atoms with E-state index in [2.05, 4.69) is 41.6 Å². The summed E-state index contributed by atoms with van der Waals surface area (Å²) in [4.78, 5) is 16.0. The van der Waals surface area contributed by atoms with Gasteiger partial charge in [0.1, 0.15) is 5.82 Å². The van der Waals surface area contributed by atoms with Crippen molar-refractivity contribution in [3.8, 4) is 0 Å². The minimum absolute atomic E-state index is 0.111. The van der Waals surface area contributed by atoms with E-state index < -0.39 is 0 Å². The smallest absolute Gasteiger partial charge is 0.243 e. The van der Waals surface area contributed by atoms with Crippen LogP contribution in [-0.2, 0) is 17.8 Å². The van der Waals surface area contributed by atoms with Crippen LogP contribution in [0.25, 0.3) is 11.0 Å². The van der Waals surface area contributed by atoms with Gasteiger partial charge in [-0.25, -0.2) is 4.98 Å². The van der Waals surface area contributed by atoms with Crippen LogP contribution < -0.4 is 5.32 Å². The fourth-order valence-corrected chi connectivity index (χ4v) is 3.15. The second-order valence-corrected chi connectivity index (χ2v) is 6.53. The topological polar surface area (TPSA) is 46.9 Å². The van der Waals surface area contributed by atoms with Crippen LogP contribution in [-0.4, -0.2) is 22.0 Å². The van der Waals surface area contributed by atoms with E-state index in [0.717, 1.165) is 30.7 Å². The summed E-state index contributed by atoms with van der Waals surface area (Å²) >= 11 is 0. The van der Waals surface area contributed by atoms with Crippen LogP contribution in [0.15, 0.2) is 36.9 Å². The first-order valence-corrected chi connectivity index (χ1v) is 9.60. The number of benzene rings is 1. The Morgan fingerprint density at radius 3 is 2.72 bits per heavy atom. The van der Waals surface area contributed by atoms with Crippen molar-refractivity contribution >= 4 is 16.9 Å². The van der Waals surface area contributed by atoms with Gasteiger partial charge in [0.05, 0.1) is 11.0 Å². The first-order chi connectivity index (χ1) is 12.3. The van der Waals surface area contributed by atoms with Gasteiger partial charge < -0.3 is 9.88 Å². The Morgan fingerprint density at radius 2 is 1.92 bits per heavy atom. The second kappa shape index (κ2) is 10.7. The van der Waals surface area contributed by atoms with E-state index in [9.17, 15) is 4.79 Å². The molecule has 0 aliphatic heterocycles. The molecule has 0 bridgehead atoms. The van der Waals surface area contributed by atoms with Crippen molar-refractivity contribution in [2.45, 2.75) is 64.8 Å². The van der Waals surface area contributed by atoms with Crippen LogP contribution >= 0.6 is 0 Å². The zero-order valence-electron chi connectivity index (χ0n) is 15.5. The SMILES string of the molecule is C=CC(=O)NCCCc1nc2ccccc2n1CCCCCCCC. The summed E-state index contributed by atoms with van der Waals surface area (Å²) in [6, 6.07) is 8.35. The molecule has 0 spiro atoms. The van der Waals surface area contributed by atoms with E-state index in [4.69, 9.17) is 4.98 Å². The molecule has 0 saturated heterocycles. The number of nitrogens with one attached hydrogen (secondary N) is 1. The number of hydrogen-bond acceptors (Lipinski definition) is 2. The minimum Gasteiger partial charge on any atom is -0.353 e. The molecule has 1 N–H and O–H groups in total. The number of hydrogen-bond donors (Lipinski definition) is 1. The third-order valence-electron chi connectivity index (χ3n) is 4.53. The van der Waals surface area contributed by atoms with Crippen LogP contribution in [0.5, 0.6) is 0 Å². The highest BCUT2D eigenvalue weighted by atomic mass is 16.1. The predicted molar refractivity (Wildman–Crippen MR) is 105 cm³/mol. The van der Waals surface area contributed by atoms with Gasteiger partial charge in [0.25, 0.3) is 0 Å². The summed E-state index contributed by atoms with van der Waals surface area (Å²) in [6.45, 7) is 7.41. The van der Waals surface area contributed by atoms with Crippen molar-refractivity contribution in [3.05, 3.63) is 42.7 Å². The van der Waals surface area contributed by atoms with Crippen molar-refractivity contribution < 1.29 is 4.79 Å². The fourth-order valence-electron chi connectivity index (χ4n) is 3.15. The monoisotopic (exact) mass is 341 g/mol. The average molecular weight is 341 g/mol. The Morgan fingerprint density at radius 1 is 1.16 bits per heavy atom. The summed E-state index contributed by atoms with van der Waals surface area (Å²) in [6.07, 6.45) is 10.9. The molecule has 0 fully saturated rings. The number of unbranched alkanes of at least 4 members (excludes halogenated alkanes) is 5. The molecule has 4 nitrogen and oxygen atoms in total. The first-order valence-electron chi connectivity index (χ1n) is 9.60. The Labute approximate surface area is 151 Å². The largest absolute Gasteiger partial charge is 0.353 e. The second-order valence-electron chi connectivity index (χ2n) is 6.53. The lowest BCUT2D eigenvalue weighted by Gasteiger charge is -2.09. The summed E-state index contributed by atoms with van der Waals surface area (Å²) in [5, 5.41) is 2.83. The van der Waals surface area contributed by atoms with Gasteiger partial charge in [-0.15, -0.1) is 0 Å². The van der Waals surface area contributed by atoms with Crippen molar-refractivity contribution in [1.82, 2.24) is 14.9 Å². The van der Waals surface area contributed by atoms with Gasteiger partial charge in [-0.3, -0.25) is 4.79 Å². The maximum Gasteiger partial charge on any atom is 0.243 e. The molecule has 136 valence electrons. The molecule has 0 radical (unpaired) electrons. The van der Waals surface area contributed by atoms with Gasteiger partial charge in [0, 0.05) is 19.5 Å². The van der Waals surface area contributed by atoms with Crippen molar-refractivity contribution in [1.29, 1.82) is 0 Å². The van der Waals surface area contributed by atoms with E-state index in [1.54, 1.807) is 0 Å². The molecule has 2 aromatic rings. The molecular formula is C21H31N3O. The van der Waals surface area contributed by atoms with Crippen molar-refractivity contribution in [2.75, 3.05) is 6.54 Å². The Hall–Kier alpha value is -2.10. The summed E-state index contributed by atoms with van der Waals surface area (Å²) < 4.78 is 2.37. The zero-order chi connectivity index (χ0) is 17.9. The van der Waals surface area contributed by atoms with Crippen LogP contribution in [0.1, 0.15) is 57.7 Å². The third-order valence-corrected chi connectivity index (χ3v) is 4.53. The molecule has 2 rings (SSSR count). The van der Waals surface area contributed by atoms with Gasteiger partial charge in [0.2, 0.25) is 5.91 Å². The van der Waals surface area contributed by atoms with Gasteiger partial charge in [-0.1, -0.05) is 57.7 Å². The van der Waals surface area contributed by atoms with E-state index in [1.165, 1.54) is 50.1 Å². The van der Waals surface area contributed by atoms with E-state index in [-0.39, 0.29) is 5.91 Å². The van der Waals surface area contributed by atoms with E-state index in [1.807, 2.05) is 6.07 Å². The highest BCUT2D eigenvalue weighted by Gasteiger charge is 2.10. The average Bonchev–Trinajstić information content (AvgIpc) is 2.99. The maximum atomic E-state index is 11.2. The van der Waals surface area contributed by atoms with Gasteiger partial charge in [0.15, 0.2) is 0 Å². The molecule has 0 saturated carbocycles. The molecule has 25 heavy (non-hydrogen) atoms. The number of imidazole rings is 1. The van der Waals surface area contributed by atoms with Crippen LogP contribution in [0.4, 0.5) is 0 Å². The Balaban J connectivity index is 1.93. The van der Waals surface area contributed by atoms with Gasteiger partial charge in [-0.2, -0.15) is 0 Å². The van der Waals surface area contributed by atoms with E-state index in [0.29, 0.717) is 6.54 Å². The molecule has 0 atom stereocenters. The summed E-state index contributed by atoms with van der Waals surface area (Å²) in [7, 11) is 0. The summed E-state index contributed by atoms with van der Waals surface area (Å²) in [5.74, 6) is 1.02. The fraction of sp³-hybridized carbons (Fsp3) is 0.524. The lowest BCUT2D eigenvalue weighted by atomic mass is 10.1. The molecule has 0 unspecified atom stereocenters. The predicted octanol–water partition coefficient (Wildman–Crippen LogP) is 4.63. The number of carbonyl (C=O) groups is 1. The third kappa shape index (κ3) is 6.04. The molecule has 0 aliphatic carbocycles. The number of aromatic nitrogens is 2. The van der Waals surface area contributed by atoms with Crippen LogP contribution in [0.2, 0.25) is 0 Å². The molecule has 0 aliphatic rings. The lowest BCUT2D eigenvalue weighted by Crippen LogP contribution is -2.22. The molecule has 4 heteroatoms. The maximum absolute atomic E-state index is 11.2. The van der Waals surface area contributed by atoms with Crippen LogP contribution in [0, 0.1) is 0 Å². The number of fused-ring (bicyclic) bond motifs is 1. The quantitative estimate of drug-likeness (QED) is 0.452. The number of para-hydroxylation sites is 2. The number of aryl methyl sites for hydroxylation is 2. The minimum atomic E-state index is -0.111. The normalized spacial score (nSPS) is 10.9. The van der Waals surface area contributed by atoms with Crippen molar-refractivity contribution in [3.63, 3.8) is 0 Å². The van der Waals surface area contributed by atoms with E-state index >= 15 is 0 Å². The number of carbonyl (C=O) groups excluding carboxylic acids is 1. The Bertz CT molecular complexity index is 675. The molecule has 1 aromatic carbocycles. The lowest BCUT2D eigenvalue weighted by molar-refractivity contribution is -0.116. The molecule has 1 aromatic heterocycles. The van der Waals surface area contributed by atoms with Crippen LogP contribution in [0.3, 0.4) is 0 Å². The molecule has 1 heterocycles. The highest BCUT2D eigenvalue weighted by Crippen LogP contribution is 2.18. The standard InChI is InChI=1S/C21H31N3O/c1-3-5-6-7-8-11-17-24-19-14-10-9-13-18(19)23-20(24)15-12-16-22-21(25)4-2/h4,9-10,13-14H,2-3,5-8,11-12,15-17H2,1H3,(H,22,25). The zero-order valence-corrected chi connectivity index (χ0v) is 15.5. The number of nitrogens with zero attached hydrogens (tertiary/aromatic N) is 2. The highest BCUT2D eigenvalue weighted by molar-refractivity contribution is 5.86. The Kier molecular flexibility index (Phi) is 8.23. The summed E-state index contributed by atoms with van der Waals surface area (Å²) in [5.41, 5.74) is 2.29. The molecular weight excluding hydrogens is 310 g/mol. The number of rotatable bonds is 12. The first kappa shape index (κ1) is 19.2. The van der Waals surface area contributed by atoms with Gasteiger partial charge in [-0.05, 0) is 31.1 Å². The van der Waals surface area contributed by atoms with Gasteiger partial charge >= 0.3 is 0 Å².